The lowest BCUT2D eigenvalue weighted by Gasteiger charge is -2.29. The number of fused-ring (bicyclic) bond motifs is 1. The molecule has 2 N–H and O–H groups in total. The monoisotopic (exact) mass is 623 g/mol. The fraction of sp³-hybridized carbons (Fsp3) is 0.219. The molecular weight excluding hydrogens is 597 g/mol. The zero-order valence-electron chi connectivity index (χ0n) is 23.6. The number of nitrogens with one attached hydrogen (secondary N) is 2. The first-order valence-electron chi connectivity index (χ1n) is 13.8. The minimum atomic E-state index is -4.95. The Morgan fingerprint density at radius 3 is 2.47 bits per heavy atom. The number of halogens is 5. The van der Waals surface area contributed by atoms with E-state index in [1.807, 2.05) is 0 Å². The number of nitrogens with zero attached hydrogens (tertiary/aromatic N) is 3. The maximum absolute atomic E-state index is 13.4. The second-order valence-corrected chi connectivity index (χ2v) is 10.3. The van der Waals surface area contributed by atoms with Gasteiger partial charge in [0.05, 0.1) is 12.1 Å². The van der Waals surface area contributed by atoms with Crippen LogP contribution in [0.4, 0.5) is 39.3 Å². The highest BCUT2D eigenvalue weighted by molar-refractivity contribution is 6.06. The number of hydrogen-bond acceptors (Lipinski definition) is 6. The molecule has 0 saturated carbocycles. The van der Waals surface area contributed by atoms with Gasteiger partial charge in [0.15, 0.2) is 5.78 Å². The lowest BCUT2D eigenvalue weighted by molar-refractivity contribution is -0.186. The molecule has 0 aliphatic carbocycles. The molecule has 8 nitrogen and oxygen atoms in total. The van der Waals surface area contributed by atoms with Crippen LogP contribution in [-0.2, 0) is 37.5 Å². The van der Waals surface area contributed by atoms with Gasteiger partial charge in [-0.2, -0.15) is 13.2 Å². The van der Waals surface area contributed by atoms with Crippen LogP contribution in [0.25, 0.3) is 0 Å². The number of anilines is 3. The molecule has 0 unspecified atom stereocenters. The Labute approximate surface area is 254 Å². The molecule has 4 aromatic rings. The molecule has 0 fully saturated rings. The Hall–Kier alpha value is -5.20. The zero-order valence-corrected chi connectivity index (χ0v) is 23.6. The fourth-order valence-electron chi connectivity index (χ4n) is 4.94. The number of alkyl halides is 5. The number of aromatic nitrogens is 2. The van der Waals surface area contributed by atoms with Crippen LogP contribution in [0.5, 0.6) is 0 Å². The number of hydrogen-bond donors (Lipinski definition) is 2. The summed E-state index contributed by atoms with van der Waals surface area (Å²) in [5.41, 5.74) is 3.18. The Kier molecular flexibility index (Phi) is 9.16. The number of carbonyl (C=O) groups is 3. The van der Waals surface area contributed by atoms with Gasteiger partial charge in [0.1, 0.15) is 13.3 Å². The number of Topliss-reactive ketones (excluding diaryl/α,β-unsaturated/α-hetero) is 1. The molecule has 0 radical (unpaired) electrons. The lowest BCUT2D eigenvalue weighted by Crippen LogP contribution is -2.43. The van der Waals surface area contributed by atoms with Crippen LogP contribution in [0.3, 0.4) is 0 Å². The van der Waals surface area contributed by atoms with Crippen molar-refractivity contribution < 1.29 is 36.3 Å². The molecule has 1 aliphatic rings. The van der Waals surface area contributed by atoms with E-state index < -0.39 is 31.3 Å². The Morgan fingerprint density at radius 2 is 1.71 bits per heavy atom. The normalized spacial score (nSPS) is 12.8. The average Bonchev–Trinajstić information content (AvgIpc) is 3.03. The first kappa shape index (κ1) is 31.2. The van der Waals surface area contributed by atoms with Gasteiger partial charge >= 0.3 is 12.1 Å². The van der Waals surface area contributed by atoms with Crippen molar-refractivity contribution in [2.75, 3.05) is 17.2 Å². The SMILES string of the molecule is O=C(Cc1ccnc(Nc2ccc3c(c2)CN(C(=O)C(F)(F)F)CC3)n1)c1cccc(NC(=O)c2cc(CF)ccc2CF)c1. The Balaban J connectivity index is 1.25. The van der Waals surface area contributed by atoms with Crippen LogP contribution in [-0.4, -0.2) is 45.2 Å². The van der Waals surface area contributed by atoms with E-state index in [1.54, 1.807) is 42.5 Å². The highest BCUT2D eigenvalue weighted by Crippen LogP contribution is 2.27. The predicted molar refractivity (Wildman–Crippen MR) is 155 cm³/mol. The van der Waals surface area contributed by atoms with Crippen molar-refractivity contribution in [1.29, 1.82) is 0 Å². The summed E-state index contributed by atoms with van der Waals surface area (Å²) < 4.78 is 65.2. The summed E-state index contributed by atoms with van der Waals surface area (Å²) in [7, 11) is 0. The van der Waals surface area contributed by atoms with Gasteiger partial charge in [0, 0.05) is 41.8 Å². The van der Waals surface area contributed by atoms with Gasteiger partial charge in [0.25, 0.3) is 5.91 Å². The molecule has 0 bridgehead atoms. The second kappa shape index (κ2) is 13.2. The van der Waals surface area contributed by atoms with E-state index in [0.29, 0.717) is 23.4 Å². The van der Waals surface area contributed by atoms with Crippen molar-refractivity contribution in [2.24, 2.45) is 0 Å². The molecule has 0 atom stereocenters. The van der Waals surface area contributed by atoms with Crippen LogP contribution in [0, 0.1) is 0 Å². The summed E-state index contributed by atoms with van der Waals surface area (Å²) in [5.74, 6) is -2.69. The minimum absolute atomic E-state index is 0.00329. The topological polar surface area (TPSA) is 104 Å². The van der Waals surface area contributed by atoms with E-state index in [0.717, 1.165) is 10.5 Å². The van der Waals surface area contributed by atoms with Gasteiger partial charge in [-0.05, 0) is 65.1 Å². The van der Waals surface area contributed by atoms with E-state index in [4.69, 9.17) is 0 Å². The maximum Gasteiger partial charge on any atom is 0.471 e. The largest absolute Gasteiger partial charge is 0.471 e. The third kappa shape index (κ3) is 7.48. The fourth-order valence-corrected chi connectivity index (χ4v) is 4.94. The molecular formula is C32H26F5N5O3. The summed E-state index contributed by atoms with van der Waals surface area (Å²) in [6.45, 7) is -1.92. The molecule has 0 spiro atoms. The minimum Gasteiger partial charge on any atom is -0.330 e. The van der Waals surface area contributed by atoms with Gasteiger partial charge in [-0.25, -0.2) is 18.7 Å². The van der Waals surface area contributed by atoms with Gasteiger partial charge in [-0.15, -0.1) is 0 Å². The third-order valence-electron chi connectivity index (χ3n) is 7.22. The van der Waals surface area contributed by atoms with Crippen molar-refractivity contribution in [3.63, 3.8) is 0 Å². The molecule has 45 heavy (non-hydrogen) atoms. The lowest BCUT2D eigenvalue weighted by atomic mass is 9.99. The van der Waals surface area contributed by atoms with Gasteiger partial charge in [0.2, 0.25) is 5.95 Å². The molecule has 0 saturated heterocycles. The van der Waals surface area contributed by atoms with E-state index in [9.17, 15) is 36.3 Å². The molecule has 13 heteroatoms. The number of rotatable bonds is 9. The quantitative estimate of drug-likeness (QED) is 0.168. The first-order valence-corrected chi connectivity index (χ1v) is 13.8. The molecule has 5 rings (SSSR count). The third-order valence-corrected chi connectivity index (χ3v) is 7.22. The summed E-state index contributed by atoms with van der Waals surface area (Å²) in [5, 5.41) is 5.61. The number of ketones is 1. The van der Waals surface area contributed by atoms with Gasteiger partial charge < -0.3 is 15.5 Å². The number of benzene rings is 3. The van der Waals surface area contributed by atoms with E-state index in [2.05, 4.69) is 20.6 Å². The average molecular weight is 624 g/mol. The van der Waals surface area contributed by atoms with Crippen molar-refractivity contribution >= 4 is 34.9 Å². The molecule has 3 aromatic carbocycles. The molecule has 1 aliphatic heterocycles. The smallest absolute Gasteiger partial charge is 0.330 e. The summed E-state index contributed by atoms with van der Waals surface area (Å²) >= 11 is 0. The van der Waals surface area contributed by atoms with Crippen LogP contribution < -0.4 is 10.6 Å². The molecule has 2 amide bonds. The summed E-state index contributed by atoms with van der Waals surface area (Å²) in [4.78, 5) is 46.9. The van der Waals surface area contributed by atoms with E-state index >= 15 is 0 Å². The van der Waals surface area contributed by atoms with Crippen molar-refractivity contribution in [3.8, 4) is 0 Å². The molecule has 232 valence electrons. The summed E-state index contributed by atoms with van der Waals surface area (Å²) in [6, 6.07) is 16.9. The number of amides is 2. The van der Waals surface area contributed by atoms with Crippen LogP contribution in [0.15, 0.2) is 72.9 Å². The van der Waals surface area contributed by atoms with Gasteiger partial charge in [-0.1, -0.05) is 30.3 Å². The van der Waals surface area contributed by atoms with Crippen LogP contribution >= 0.6 is 0 Å². The van der Waals surface area contributed by atoms with E-state index in [-0.39, 0.29) is 59.2 Å². The van der Waals surface area contributed by atoms with Crippen molar-refractivity contribution in [3.05, 3.63) is 112 Å². The van der Waals surface area contributed by atoms with E-state index in [1.165, 1.54) is 30.5 Å². The maximum atomic E-state index is 13.4. The molecule has 2 heterocycles. The van der Waals surface area contributed by atoms with Crippen molar-refractivity contribution in [1.82, 2.24) is 14.9 Å². The van der Waals surface area contributed by atoms with Crippen molar-refractivity contribution in [2.45, 2.75) is 38.9 Å². The second-order valence-electron chi connectivity index (χ2n) is 10.3. The Bertz CT molecular complexity index is 1760. The van der Waals surface area contributed by atoms with Crippen LogP contribution in [0.1, 0.15) is 48.7 Å². The highest BCUT2D eigenvalue weighted by Gasteiger charge is 2.43. The standard InChI is InChI=1S/C32H26F5N5O3/c33-16-19-4-5-22(17-34)27(12-19)29(44)39-24-3-1-2-21(13-24)28(43)15-26-8-10-38-31(41-26)40-25-7-6-20-9-11-42(18-23(20)14-25)30(45)32(35,36)37/h1-8,10,12-14H,9,11,15-18H2,(H,39,44)(H,38,40,41). The predicted octanol–water partition coefficient (Wildman–Crippen LogP) is 6.28. The van der Waals surface area contributed by atoms with Gasteiger partial charge in [-0.3, -0.25) is 14.4 Å². The highest BCUT2D eigenvalue weighted by atomic mass is 19.4. The first-order chi connectivity index (χ1) is 21.5. The summed E-state index contributed by atoms with van der Waals surface area (Å²) in [6.07, 6.45) is -3.32. The number of carbonyl (C=O) groups excluding carboxylic acids is 3. The zero-order chi connectivity index (χ0) is 32.1. The Morgan fingerprint density at radius 1 is 0.889 bits per heavy atom. The van der Waals surface area contributed by atoms with Crippen LogP contribution in [0.2, 0.25) is 0 Å². The molecule has 1 aromatic heterocycles.